The quantitative estimate of drug-likeness (QED) is 0.876. The number of aromatic nitrogens is 2. The maximum atomic E-state index is 5.60. The summed E-state index contributed by atoms with van der Waals surface area (Å²) < 4.78 is 10.3. The second kappa shape index (κ2) is 5.43. The zero-order valence-corrected chi connectivity index (χ0v) is 11.1. The lowest BCUT2D eigenvalue weighted by Crippen LogP contribution is -2.02. The summed E-state index contributed by atoms with van der Waals surface area (Å²) in [5.74, 6) is 1.99. The van der Waals surface area contributed by atoms with Gasteiger partial charge < -0.3 is 20.5 Å². The van der Waals surface area contributed by atoms with Crippen molar-refractivity contribution in [3.05, 3.63) is 29.8 Å². The molecule has 19 heavy (non-hydrogen) atoms. The lowest BCUT2D eigenvalue weighted by atomic mass is 10.2. The number of hydrogen-bond donors (Lipinski definition) is 2. The van der Waals surface area contributed by atoms with E-state index in [0.29, 0.717) is 11.7 Å². The number of methoxy groups -OCH3 is 2. The van der Waals surface area contributed by atoms with E-state index in [1.54, 1.807) is 13.2 Å². The van der Waals surface area contributed by atoms with Gasteiger partial charge in [0.15, 0.2) is 0 Å². The van der Waals surface area contributed by atoms with Gasteiger partial charge in [0.1, 0.15) is 11.6 Å². The normalized spacial score (nSPS) is 10.1. The van der Waals surface area contributed by atoms with E-state index in [0.717, 1.165) is 17.0 Å². The Morgan fingerprint density at radius 1 is 1.11 bits per heavy atom. The molecular weight excluding hydrogens is 244 g/mol. The average Bonchev–Trinajstić information content (AvgIpc) is 2.38. The molecule has 2 rings (SSSR count). The highest BCUT2D eigenvalue weighted by Gasteiger charge is 2.04. The average molecular weight is 260 g/mol. The van der Waals surface area contributed by atoms with Crippen molar-refractivity contribution in [1.82, 2.24) is 9.97 Å². The van der Waals surface area contributed by atoms with Gasteiger partial charge in [-0.05, 0) is 30.7 Å². The number of benzene rings is 1. The lowest BCUT2D eigenvalue weighted by molar-refractivity contribution is 0.398. The smallest absolute Gasteiger partial charge is 0.225 e. The molecule has 6 heteroatoms. The van der Waals surface area contributed by atoms with Crippen molar-refractivity contribution >= 4 is 17.5 Å². The Morgan fingerprint density at radius 3 is 2.53 bits per heavy atom. The second-order valence-corrected chi connectivity index (χ2v) is 3.96. The van der Waals surface area contributed by atoms with E-state index >= 15 is 0 Å². The number of anilines is 3. The highest BCUT2D eigenvalue weighted by molar-refractivity contribution is 5.60. The number of hydrogen-bond acceptors (Lipinski definition) is 6. The molecular formula is C13H16N4O2. The van der Waals surface area contributed by atoms with E-state index in [2.05, 4.69) is 15.3 Å². The van der Waals surface area contributed by atoms with E-state index in [9.17, 15) is 0 Å². The van der Waals surface area contributed by atoms with Crippen LogP contribution in [-0.2, 0) is 0 Å². The predicted molar refractivity (Wildman–Crippen MR) is 74.0 cm³/mol. The molecule has 0 fully saturated rings. The zero-order valence-electron chi connectivity index (χ0n) is 11.1. The van der Waals surface area contributed by atoms with Crippen LogP contribution in [0, 0.1) is 6.92 Å². The maximum Gasteiger partial charge on any atom is 0.225 e. The Hall–Kier alpha value is -2.50. The minimum atomic E-state index is 0.159. The fourth-order valence-corrected chi connectivity index (χ4v) is 1.72. The van der Waals surface area contributed by atoms with Crippen molar-refractivity contribution < 1.29 is 9.47 Å². The molecule has 0 spiro atoms. The second-order valence-electron chi connectivity index (χ2n) is 3.96. The van der Waals surface area contributed by atoms with Crippen molar-refractivity contribution in [2.24, 2.45) is 0 Å². The van der Waals surface area contributed by atoms with Gasteiger partial charge in [-0.25, -0.2) is 0 Å². The van der Waals surface area contributed by atoms with E-state index in [-0.39, 0.29) is 5.95 Å². The van der Waals surface area contributed by atoms with Gasteiger partial charge in [0.05, 0.1) is 14.2 Å². The Morgan fingerprint density at radius 2 is 1.89 bits per heavy atom. The van der Waals surface area contributed by atoms with Crippen LogP contribution in [-0.4, -0.2) is 24.2 Å². The van der Waals surface area contributed by atoms with E-state index in [1.165, 1.54) is 7.11 Å². The molecule has 0 bridgehead atoms. The summed E-state index contributed by atoms with van der Waals surface area (Å²) in [5, 5.41) is 3.14. The highest BCUT2D eigenvalue weighted by atomic mass is 16.5. The van der Waals surface area contributed by atoms with Gasteiger partial charge >= 0.3 is 0 Å². The Balaban J connectivity index is 2.25. The number of nitrogens with zero attached hydrogens (tertiary/aromatic N) is 2. The first kappa shape index (κ1) is 12.9. The van der Waals surface area contributed by atoms with Crippen LogP contribution in [0.2, 0.25) is 0 Å². The first-order chi connectivity index (χ1) is 9.12. The summed E-state index contributed by atoms with van der Waals surface area (Å²) in [4.78, 5) is 8.02. The fourth-order valence-electron chi connectivity index (χ4n) is 1.72. The molecule has 0 aliphatic carbocycles. The van der Waals surface area contributed by atoms with Crippen molar-refractivity contribution in [3.63, 3.8) is 0 Å². The molecule has 0 amide bonds. The summed E-state index contributed by atoms with van der Waals surface area (Å²) in [6.07, 6.45) is 0. The van der Waals surface area contributed by atoms with Gasteiger partial charge in [-0.15, -0.1) is 0 Å². The lowest BCUT2D eigenvalue weighted by Gasteiger charge is -2.10. The molecule has 0 saturated carbocycles. The molecule has 0 unspecified atom stereocenters. The molecule has 1 aromatic carbocycles. The van der Waals surface area contributed by atoms with Crippen LogP contribution < -0.4 is 20.5 Å². The Kier molecular flexibility index (Phi) is 3.70. The summed E-state index contributed by atoms with van der Waals surface area (Å²) >= 11 is 0. The van der Waals surface area contributed by atoms with Gasteiger partial charge in [-0.3, -0.25) is 0 Å². The fraction of sp³-hybridized carbons (Fsp3) is 0.231. The molecule has 0 atom stereocenters. The van der Waals surface area contributed by atoms with Gasteiger partial charge in [-0.2, -0.15) is 9.97 Å². The van der Waals surface area contributed by atoms with Crippen molar-refractivity contribution in [3.8, 4) is 11.6 Å². The molecule has 100 valence electrons. The monoisotopic (exact) mass is 260 g/mol. The summed E-state index contributed by atoms with van der Waals surface area (Å²) in [6, 6.07) is 7.43. The summed E-state index contributed by atoms with van der Waals surface area (Å²) in [5.41, 5.74) is 7.52. The number of nitrogen functional groups attached to an aromatic ring is 1. The molecule has 0 saturated heterocycles. The molecule has 3 N–H and O–H groups in total. The molecule has 1 heterocycles. The number of nitrogens with two attached hydrogens (primary N) is 1. The SMILES string of the molecule is COc1cc(Nc2ccc(OC)c(C)c2)nc(N)n1. The van der Waals surface area contributed by atoms with Crippen LogP contribution in [0.1, 0.15) is 5.56 Å². The van der Waals surface area contributed by atoms with Gasteiger partial charge in [0.2, 0.25) is 11.8 Å². The number of aryl methyl sites for hydroxylation is 1. The topological polar surface area (TPSA) is 82.3 Å². The first-order valence-electron chi connectivity index (χ1n) is 5.72. The third kappa shape index (κ3) is 3.04. The molecule has 0 aliphatic rings. The first-order valence-corrected chi connectivity index (χ1v) is 5.72. The number of rotatable bonds is 4. The van der Waals surface area contributed by atoms with Crippen LogP contribution in [0.4, 0.5) is 17.5 Å². The van der Waals surface area contributed by atoms with Gasteiger partial charge in [0, 0.05) is 11.8 Å². The number of ether oxygens (including phenoxy) is 2. The van der Waals surface area contributed by atoms with Crippen LogP contribution in [0.25, 0.3) is 0 Å². The molecule has 1 aromatic heterocycles. The molecule has 0 aliphatic heterocycles. The number of nitrogens with one attached hydrogen (secondary N) is 1. The van der Waals surface area contributed by atoms with Crippen LogP contribution in [0.5, 0.6) is 11.6 Å². The molecule has 2 aromatic rings. The maximum absolute atomic E-state index is 5.60. The van der Waals surface area contributed by atoms with Gasteiger partial charge in [0.25, 0.3) is 0 Å². The van der Waals surface area contributed by atoms with E-state index in [1.807, 2.05) is 25.1 Å². The predicted octanol–water partition coefficient (Wildman–Crippen LogP) is 2.13. The van der Waals surface area contributed by atoms with Crippen molar-refractivity contribution in [1.29, 1.82) is 0 Å². The minimum absolute atomic E-state index is 0.159. The summed E-state index contributed by atoms with van der Waals surface area (Å²) in [7, 11) is 3.18. The third-order valence-corrected chi connectivity index (χ3v) is 2.60. The largest absolute Gasteiger partial charge is 0.496 e. The minimum Gasteiger partial charge on any atom is -0.496 e. The van der Waals surface area contributed by atoms with Crippen molar-refractivity contribution in [2.45, 2.75) is 6.92 Å². The van der Waals surface area contributed by atoms with E-state index in [4.69, 9.17) is 15.2 Å². The Bertz CT molecular complexity index is 587. The van der Waals surface area contributed by atoms with Crippen LogP contribution >= 0.6 is 0 Å². The van der Waals surface area contributed by atoms with Crippen LogP contribution in [0.15, 0.2) is 24.3 Å². The van der Waals surface area contributed by atoms with Gasteiger partial charge in [-0.1, -0.05) is 0 Å². The van der Waals surface area contributed by atoms with Crippen LogP contribution in [0.3, 0.4) is 0 Å². The van der Waals surface area contributed by atoms with Crippen molar-refractivity contribution in [2.75, 3.05) is 25.3 Å². The highest BCUT2D eigenvalue weighted by Crippen LogP contribution is 2.24. The Labute approximate surface area is 111 Å². The standard InChI is InChI=1S/C13H16N4O2/c1-8-6-9(4-5-10(8)18-2)15-11-7-12(19-3)17-13(14)16-11/h4-7H,1-3H3,(H3,14,15,16,17). The molecule has 0 radical (unpaired) electrons. The van der Waals surface area contributed by atoms with E-state index < -0.39 is 0 Å². The summed E-state index contributed by atoms with van der Waals surface area (Å²) in [6.45, 7) is 1.97. The molecule has 6 nitrogen and oxygen atoms in total. The third-order valence-electron chi connectivity index (χ3n) is 2.60. The zero-order chi connectivity index (χ0) is 13.8.